The van der Waals surface area contributed by atoms with Gasteiger partial charge >= 0.3 is 5.97 Å². The molecule has 0 unspecified atom stereocenters. The van der Waals surface area contributed by atoms with Gasteiger partial charge in [0.1, 0.15) is 21.2 Å². The van der Waals surface area contributed by atoms with Gasteiger partial charge in [-0.1, -0.05) is 23.9 Å². The number of carbonyl (C=O) groups is 2. The van der Waals surface area contributed by atoms with Gasteiger partial charge in [0.25, 0.3) is 5.56 Å². The molecular weight excluding hydrogens is 524 g/mol. The van der Waals surface area contributed by atoms with Crippen LogP contribution in [0.1, 0.15) is 50.6 Å². The zero-order valence-electron chi connectivity index (χ0n) is 21.8. The summed E-state index contributed by atoms with van der Waals surface area (Å²) in [5.74, 6) is 1.27. The monoisotopic (exact) mass is 552 g/mol. The van der Waals surface area contributed by atoms with Crippen LogP contribution in [0.5, 0.6) is 11.5 Å². The van der Waals surface area contributed by atoms with Crippen LogP contribution >= 0.6 is 23.1 Å². The van der Waals surface area contributed by atoms with Gasteiger partial charge in [0, 0.05) is 16.9 Å². The zero-order chi connectivity index (χ0) is 27.4. The van der Waals surface area contributed by atoms with Gasteiger partial charge in [0.2, 0.25) is 0 Å². The number of methoxy groups -OCH3 is 2. The summed E-state index contributed by atoms with van der Waals surface area (Å²) >= 11 is 2.52. The molecule has 0 aliphatic carbocycles. The predicted octanol–water partition coefficient (Wildman–Crippen LogP) is 5.50. The van der Waals surface area contributed by atoms with Gasteiger partial charge in [-0.25, -0.2) is 9.78 Å². The van der Waals surface area contributed by atoms with E-state index < -0.39 is 5.97 Å². The summed E-state index contributed by atoms with van der Waals surface area (Å²) in [7, 11) is 3.17. The third kappa shape index (κ3) is 5.61. The van der Waals surface area contributed by atoms with E-state index in [1.54, 1.807) is 50.8 Å². The first-order valence-corrected chi connectivity index (χ1v) is 13.7. The lowest BCUT2D eigenvalue weighted by Gasteiger charge is -2.14. The van der Waals surface area contributed by atoms with Crippen molar-refractivity contribution in [3.63, 3.8) is 0 Å². The van der Waals surface area contributed by atoms with Crippen molar-refractivity contribution in [1.82, 2.24) is 9.55 Å². The molecule has 2 aromatic carbocycles. The van der Waals surface area contributed by atoms with Gasteiger partial charge in [-0.15, -0.1) is 11.3 Å². The highest BCUT2D eigenvalue weighted by Crippen LogP contribution is 2.33. The van der Waals surface area contributed by atoms with E-state index in [2.05, 4.69) is 0 Å². The van der Waals surface area contributed by atoms with Crippen molar-refractivity contribution in [3.8, 4) is 11.5 Å². The van der Waals surface area contributed by atoms with Crippen molar-refractivity contribution in [3.05, 3.63) is 79.9 Å². The SMILES string of the molecule is CCOC(=O)c1sc2nc(SCc3cc(C(C)=O)ccc3OC)n(Cc3ccc(OC)cc3)c(=O)c2c1C. The molecule has 10 heteroatoms. The number of ether oxygens (including phenoxy) is 3. The van der Waals surface area contributed by atoms with E-state index in [1.807, 2.05) is 24.3 Å². The second kappa shape index (κ2) is 11.8. The van der Waals surface area contributed by atoms with Crippen LogP contribution in [0, 0.1) is 6.92 Å². The van der Waals surface area contributed by atoms with Gasteiger partial charge in [0.15, 0.2) is 10.9 Å². The minimum atomic E-state index is -0.464. The number of Topliss-reactive ketones (excluding diaryl/α,β-unsaturated/α-hetero) is 1. The quantitative estimate of drug-likeness (QED) is 0.110. The number of esters is 1. The fraction of sp³-hybridized carbons (Fsp3) is 0.286. The molecule has 0 aliphatic heterocycles. The highest BCUT2D eigenvalue weighted by atomic mass is 32.2. The van der Waals surface area contributed by atoms with Gasteiger partial charge in [-0.2, -0.15) is 0 Å². The maximum atomic E-state index is 13.8. The number of thioether (sulfide) groups is 1. The van der Waals surface area contributed by atoms with Crippen molar-refractivity contribution in [1.29, 1.82) is 0 Å². The average Bonchev–Trinajstić information content (AvgIpc) is 3.25. The third-order valence-corrected chi connectivity index (χ3v) is 8.21. The smallest absolute Gasteiger partial charge is 0.348 e. The molecule has 0 saturated heterocycles. The molecule has 0 amide bonds. The molecule has 4 rings (SSSR count). The Kier molecular flexibility index (Phi) is 8.53. The van der Waals surface area contributed by atoms with Crippen LogP contribution in [0.15, 0.2) is 52.4 Å². The van der Waals surface area contributed by atoms with Crippen LogP contribution in [-0.2, 0) is 17.0 Å². The third-order valence-electron chi connectivity index (χ3n) is 6.02. The summed E-state index contributed by atoms with van der Waals surface area (Å²) in [6, 6.07) is 12.8. The molecule has 0 radical (unpaired) electrons. The number of benzene rings is 2. The maximum Gasteiger partial charge on any atom is 0.348 e. The first-order valence-electron chi connectivity index (χ1n) is 11.9. The Morgan fingerprint density at radius 3 is 2.45 bits per heavy atom. The Labute approximate surface area is 228 Å². The first-order chi connectivity index (χ1) is 18.3. The Bertz CT molecular complexity index is 1560. The molecule has 2 heterocycles. The molecule has 0 bridgehead atoms. The number of rotatable bonds is 10. The standard InChI is InChI=1S/C28H28N2O6S2/c1-6-36-27(33)24-16(2)23-25(38-24)29-28(30(26(23)32)14-18-7-10-21(34-4)11-8-18)37-15-20-13-19(17(3)31)9-12-22(20)35-5/h7-13H,6,14-15H2,1-5H3. The molecule has 0 aliphatic rings. The number of fused-ring (bicyclic) bond motifs is 1. The van der Waals surface area contributed by atoms with Crippen LogP contribution in [0.25, 0.3) is 10.2 Å². The molecule has 38 heavy (non-hydrogen) atoms. The maximum absolute atomic E-state index is 13.8. The molecule has 2 aromatic heterocycles. The number of carbonyl (C=O) groups excluding carboxylic acids is 2. The predicted molar refractivity (Wildman–Crippen MR) is 149 cm³/mol. The highest BCUT2D eigenvalue weighted by Gasteiger charge is 2.23. The lowest BCUT2D eigenvalue weighted by molar-refractivity contribution is 0.0531. The van der Waals surface area contributed by atoms with Crippen molar-refractivity contribution in [2.24, 2.45) is 0 Å². The van der Waals surface area contributed by atoms with Crippen molar-refractivity contribution in [2.45, 2.75) is 38.2 Å². The average molecular weight is 553 g/mol. The summed E-state index contributed by atoms with van der Waals surface area (Å²) in [5.41, 5.74) is 2.61. The Morgan fingerprint density at radius 2 is 1.82 bits per heavy atom. The van der Waals surface area contributed by atoms with E-state index in [1.165, 1.54) is 18.7 Å². The molecule has 4 aromatic rings. The van der Waals surface area contributed by atoms with E-state index in [0.717, 1.165) is 28.2 Å². The second-order valence-corrected chi connectivity index (χ2v) is 10.4. The van der Waals surface area contributed by atoms with Gasteiger partial charge in [-0.3, -0.25) is 14.2 Å². The van der Waals surface area contributed by atoms with E-state index in [4.69, 9.17) is 19.2 Å². The molecule has 0 spiro atoms. The Hall–Kier alpha value is -3.63. The molecular formula is C28H28N2O6S2. The van der Waals surface area contributed by atoms with Gasteiger partial charge in [-0.05, 0) is 62.2 Å². The van der Waals surface area contributed by atoms with E-state index in [-0.39, 0.29) is 24.5 Å². The largest absolute Gasteiger partial charge is 0.497 e. The first kappa shape index (κ1) is 27.4. The number of hydrogen-bond acceptors (Lipinski definition) is 9. The van der Waals surface area contributed by atoms with Crippen molar-refractivity contribution >= 4 is 45.1 Å². The van der Waals surface area contributed by atoms with Gasteiger partial charge < -0.3 is 14.2 Å². The van der Waals surface area contributed by atoms with Crippen molar-refractivity contribution in [2.75, 3.05) is 20.8 Å². The fourth-order valence-electron chi connectivity index (χ4n) is 4.01. The van der Waals surface area contributed by atoms with Gasteiger partial charge in [0.05, 0.1) is 32.8 Å². The summed E-state index contributed by atoms with van der Waals surface area (Å²) in [5, 5.41) is 0.900. The van der Waals surface area contributed by atoms with Crippen LogP contribution in [0.2, 0.25) is 0 Å². The molecule has 0 N–H and O–H groups in total. The van der Waals surface area contributed by atoms with Crippen LogP contribution < -0.4 is 15.0 Å². The molecule has 0 fully saturated rings. The molecule has 0 saturated carbocycles. The van der Waals surface area contributed by atoms with E-state index >= 15 is 0 Å². The summed E-state index contributed by atoms with van der Waals surface area (Å²) < 4.78 is 17.6. The fourth-order valence-corrected chi connectivity index (χ4v) is 6.10. The summed E-state index contributed by atoms with van der Waals surface area (Å²) in [4.78, 5) is 44.0. The number of thiophene rings is 1. The highest BCUT2D eigenvalue weighted by molar-refractivity contribution is 7.98. The molecule has 0 atom stereocenters. The minimum absolute atomic E-state index is 0.0459. The van der Waals surface area contributed by atoms with Crippen LogP contribution in [-0.4, -0.2) is 42.1 Å². The Morgan fingerprint density at radius 1 is 1.08 bits per heavy atom. The lowest BCUT2D eigenvalue weighted by Crippen LogP contribution is -2.24. The number of aromatic nitrogens is 2. The number of ketones is 1. The number of hydrogen-bond donors (Lipinski definition) is 0. The van der Waals surface area contributed by atoms with Crippen LogP contribution in [0.4, 0.5) is 0 Å². The normalized spacial score (nSPS) is 11.0. The minimum Gasteiger partial charge on any atom is -0.497 e. The summed E-state index contributed by atoms with van der Waals surface area (Å²) in [6.45, 7) is 5.52. The second-order valence-electron chi connectivity index (χ2n) is 8.46. The molecule has 198 valence electrons. The summed E-state index contributed by atoms with van der Waals surface area (Å²) in [6.07, 6.45) is 0. The van der Waals surface area contributed by atoms with E-state index in [0.29, 0.717) is 42.9 Å². The van der Waals surface area contributed by atoms with E-state index in [9.17, 15) is 14.4 Å². The number of nitrogens with zero attached hydrogens (tertiary/aromatic N) is 2. The number of aryl methyl sites for hydroxylation is 1. The lowest BCUT2D eigenvalue weighted by atomic mass is 10.1. The zero-order valence-corrected chi connectivity index (χ0v) is 23.5. The van der Waals surface area contributed by atoms with Crippen molar-refractivity contribution < 1.29 is 23.8 Å². The van der Waals surface area contributed by atoms with Crippen LogP contribution in [0.3, 0.4) is 0 Å². The molecule has 8 nitrogen and oxygen atoms in total. The topological polar surface area (TPSA) is 96.7 Å². The Balaban J connectivity index is 1.81.